The van der Waals surface area contributed by atoms with Gasteiger partial charge in [-0.15, -0.1) is 0 Å². The van der Waals surface area contributed by atoms with Gasteiger partial charge in [-0.3, -0.25) is 0 Å². The van der Waals surface area contributed by atoms with Crippen molar-refractivity contribution >= 4 is 0 Å². The van der Waals surface area contributed by atoms with Crippen LogP contribution in [-0.2, 0) is 6.42 Å². The normalized spacial score (nSPS) is 11.6. The molecule has 121 heavy (non-hydrogen) atoms. The zero-order chi connectivity index (χ0) is 80.8. The van der Waals surface area contributed by atoms with Crippen molar-refractivity contribution in [2.75, 3.05) is 39.5 Å². The van der Waals surface area contributed by atoms with Crippen LogP contribution in [0.1, 0.15) is 64.4 Å². The van der Waals surface area contributed by atoms with Gasteiger partial charge in [0.25, 0.3) is 0 Å². The van der Waals surface area contributed by atoms with E-state index in [1.165, 1.54) is 103 Å². The second-order valence-electron chi connectivity index (χ2n) is 29.0. The molecule has 0 saturated heterocycles. The maximum Gasteiger partial charge on any atom is 0.140 e. The molecule has 0 amide bonds. The van der Waals surface area contributed by atoms with Gasteiger partial charge >= 0.3 is 0 Å². The highest BCUT2D eigenvalue weighted by atomic mass is 35.5. The molecule has 0 heterocycles. The van der Waals surface area contributed by atoms with Crippen molar-refractivity contribution in [1.82, 2.24) is 0 Å². The quantitative estimate of drug-likeness (QED) is 0.0198. The number of hydrogen-bond acceptors (Lipinski definition) is 3. The minimum atomic E-state index is -0.278. The van der Waals surface area contributed by atoms with Gasteiger partial charge in [0.1, 0.15) is 114 Å². The summed E-state index contributed by atoms with van der Waals surface area (Å²) in [5.41, 5.74) is 48.4. The summed E-state index contributed by atoms with van der Waals surface area (Å²) in [4.78, 5) is 0. The Labute approximate surface area is 755 Å². The average Bonchev–Trinajstić information content (AvgIpc) is 0.830. The molecule has 654 valence electrons. The highest BCUT2D eigenvalue weighted by Crippen LogP contribution is 2.37. The summed E-state index contributed by atoms with van der Waals surface area (Å²) in [6.07, 6.45) is 7.80. The van der Waals surface area contributed by atoms with E-state index in [0.717, 1.165) is 160 Å². The largest absolute Gasteiger partial charge is 1.00 e. The third kappa shape index (κ3) is 36.8. The van der Waals surface area contributed by atoms with Crippen LogP contribution in [0.5, 0.6) is 17.2 Å². The molecule has 27 heteroatoms. The van der Waals surface area contributed by atoms with E-state index in [2.05, 4.69) is 77.9 Å². The number of ether oxygens (including phenoxy) is 3. The van der Waals surface area contributed by atoms with Crippen LogP contribution >= 0.6 is 0 Å². The highest BCUT2D eigenvalue weighted by molar-refractivity contribution is 5.79. The molecule has 11 nitrogen and oxygen atoms in total. The number of quaternary nitrogens is 8. The Balaban J connectivity index is 0.000000790. The van der Waals surface area contributed by atoms with E-state index in [1.54, 1.807) is 97.1 Å². The zero-order valence-corrected chi connectivity index (χ0v) is 73.7. The predicted molar refractivity (Wildman–Crippen MR) is 433 cm³/mol. The Morgan fingerprint density at radius 1 is 0.240 bits per heavy atom. The van der Waals surface area contributed by atoms with Crippen LogP contribution in [0.25, 0.3) is 89.0 Å². The first kappa shape index (κ1) is 110. The average molecular weight is 1830 g/mol. The molecule has 12 aromatic carbocycles. The number of hydrogen-bond donors (Lipinski definition) is 8. The van der Waals surface area contributed by atoms with Crippen LogP contribution in [0, 0.1) is 52.5 Å². The molecular weight excluding hydrogens is 1720 g/mol. The lowest BCUT2D eigenvalue weighted by Crippen LogP contribution is -3.00. The van der Waals surface area contributed by atoms with Gasteiger partial charge < -0.3 is 159 Å². The topological polar surface area (TPSA) is 249 Å². The number of benzene rings is 12. The first-order valence-corrected chi connectivity index (χ1v) is 38.5. The van der Waals surface area contributed by atoms with Gasteiger partial charge in [0.05, 0.1) is 19.1 Å². The van der Waals surface area contributed by atoms with Crippen molar-refractivity contribution in [2.45, 2.75) is 95.4 Å². The van der Waals surface area contributed by atoms with E-state index in [4.69, 9.17) is 14.2 Å². The van der Waals surface area contributed by atoms with E-state index in [-0.39, 0.29) is 164 Å². The number of aryl methyl sites for hydroxylation is 1. The third-order valence-electron chi connectivity index (χ3n) is 19.5. The second-order valence-corrected chi connectivity index (χ2v) is 29.0. The minimum absolute atomic E-state index is 0. The molecule has 5 atom stereocenters. The van der Waals surface area contributed by atoms with Gasteiger partial charge in [-0.05, 0) is 259 Å². The fourth-order valence-electron chi connectivity index (χ4n) is 12.4. The lowest BCUT2D eigenvalue weighted by Gasteiger charge is -2.16. The Morgan fingerprint density at radius 2 is 0.438 bits per heavy atom. The molecule has 1 unspecified atom stereocenters. The Bertz CT molecular complexity index is 4490. The van der Waals surface area contributed by atoms with E-state index >= 15 is 0 Å². The van der Waals surface area contributed by atoms with Crippen LogP contribution < -0.4 is 159 Å². The van der Waals surface area contributed by atoms with Gasteiger partial charge in [-0.2, -0.15) is 0 Å². The smallest absolute Gasteiger partial charge is 0.140 e. The fraction of sp³-hybridized carbons (Fsp3) is 0.234. The zero-order valence-electron chi connectivity index (χ0n) is 67.7. The molecule has 0 radical (unpaired) electrons. The molecule has 0 saturated carbocycles. The molecular formula is C94H108Cl8F8N8O3. The summed E-state index contributed by atoms with van der Waals surface area (Å²) >= 11 is 0. The van der Waals surface area contributed by atoms with E-state index < -0.39 is 0 Å². The molecule has 12 rings (SSSR count). The summed E-state index contributed by atoms with van der Waals surface area (Å²) in [5, 5.41) is 0. The molecule has 12 aromatic rings. The molecule has 24 N–H and O–H groups in total. The predicted octanol–water partition coefficient (Wildman–Crippen LogP) is -9.93. The number of rotatable bonds is 31. The number of halogens is 16. The van der Waals surface area contributed by atoms with E-state index in [0.29, 0.717) is 55.1 Å². The van der Waals surface area contributed by atoms with Crippen LogP contribution in [0.15, 0.2) is 267 Å². The molecule has 0 aromatic heterocycles. The molecule has 0 fully saturated rings. The Morgan fingerprint density at radius 3 is 0.628 bits per heavy atom. The molecule has 0 aliphatic rings. The summed E-state index contributed by atoms with van der Waals surface area (Å²) in [5.74, 6) is 0.524. The SMILES string of the molecule is CC(C)C([NH3+])CC[C@H]([NH3+])COc1cc(-c2ccc(F)cc2)cc(-c2ccc(F)cc2)c1.[Cl-].[Cl-].[Cl-].[Cl-].[Cl-].[Cl-].[Cl-].[Cl-].[NH3+]CCC[C@@H]([NH3+])COc1cc(-c2ccc(F)cc2)cc(-c2ccc(F)cc2)c1.[NH3+]CCC[C@H]([NH3+])COc1cc(-c2ccc(F)cc2)cc(-c2ccc(F)cc2)c1.[NH3+]C[C@H]([NH3+])CCc1cc(-c2ccc(F)cc2)cc(-c2ccc(F)cc2)c1. The molecule has 0 spiro atoms. The second kappa shape index (κ2) is 57.0. The standard InChI is InChI=1S/C26H30F2N2O.2C23H24F2N2O.C22H22F2N2.8ClH/c1-17(2)26(30)12-11-24(29)16-31-25-14-20(18-3-7-22(27)8-4-18)13-21(15-25)19-5-9-23(28)10-6-19;2*24-20-7-3-16(4-8-20)18-12-19(17-5-9-21(25)10-6-17)14-23(13-18)28-15-22(27)2-1-11-26;23-20-6-2-16(3-7-20)18-11-15(1-10-22(26)14-25)12-19(13-18)17-4-8-21(24)9-5-17;;;;;;;;/h3-10,13-15,17,24,26H,11-12,16,29-30H2,1-2H3;2*3-10,12-14,22H,1-2,11,15,26-27H2;2-9,11-13,22H,1,10,14,25-26H2;8*1H/t24-,26?;3*22-;;;;;;;;/m0101......../s1. The van der Waals surface area contributed by atoms with Gasteiger partial charge in [0.2, 0.25) is 0 Å². The van der Waals surface area contributed by atoms with Crippen molar-refractivity contribution in [3.63, 3.8) is 0 Å². The van der Waals surface area contributed by atoms with E-state index in [1.807, 2.05) is 54.6 Å². The highest BCUT2D eigenvalue weighted by Gasteiger charge is 2.19. The van der Waals surface area contributed by atoms with Crippen molar-refractivity contribution in [2.24, 2.45) is 5.92 Å². The van der Waals surface area contributed by atoms with Gasteiger partial charge in [0, 0.05) is 50.9 Å². The Hall–Kier alpha value is -8.52. The van der Waals surface area contributed by atoms with Crippen molar-refractivity contribution in [3.05, 3.63) is 319 Å². The van der Waals surface area contributed by atoms with Crippen LogP contribution in [0.4, 0.5) is 35.1 Å². The summed E-state index contributed by atoms with van der Waals surface area (Å²) in [6.45, 7) is 8.48. The van der Waals surface area contributed by atoms with Gasteiger partial charge in [-0.25, -0.2) is 35.1 Å². The monoisotopic (exact) mass is 1830 g/mol. The lowest BCUT2D eigenvalue weighted by molar-refractivity contribution is -0.494. The lowest BCUT2D eigenvalue weighted by atomic mass is 9.94. The molecule has 0 aliphatic heterocycles. The van der Waals surface area contributed by atoms with Crippen molar-refractivity contribution in [1.29, 1.82) is 0 Å². The van der Waals surface area contributed by atoms with Crippen LogP contribution in [0.2, 0.25) is 0 Å². The first-order valence-electron chi connectivity index (χ1n) is 38.5. The van der Waals surface area contributed by atoms with Gasteiger partial charge in [-0.1, -0.05) is 123 Å². The maximum absolute atomic E-state index is 13.4. The maximum atomic E-state index is 13.4. The fourth-order valence-corrected chi connectivity index (χ4v) is 12.4. The minimum Gasteiger partial charge on any atom is -1.00 e. The van der Waals surface area contributed by atoms with Crippen molar-refractivity contribution in [3.8, 4) is 106 Å². The third-order valence-corrected chi connectivity index (χ3v) is 19.5. The van der Waals surface area contributed by atoms with Gasteiger partial charge in [0.15, 0.2) is 0 Å². The van der Waals surface area contributed by atoms with Crippen molar-refractivity contribution < 1.29 is 194 Å². The summed E-state index contributed by atoms with van der Waals surface area (Å²) in [6, 6.07) is 76.4. The Kier molecular flexibility index (Phi) is 52.1. The molecule has 0 bridgehead atoms. The van der Waals surface area contributed by atoms with Crippen LogP contribution in [0.3, 0.4) is 0 Å². The van der Waals surface area contributed by atoms with E-state index in [9.17, 15) is 35.1 Å². The first-order chi connectivity index (χ1) is 54.5. The summed E-state index contributed by atoms with van der Waals surface area (Å²) in [7, 11) is 0. The summed E-state index contributed by atoms with van der Waals surface area (Å²) < 4.78 is 125. The molecule has 0 aliphatic carbocycles. The van der Waals surface area contributed by atoms with Crippen LogP contribution in [-0.4, -0.2) is 69.7 Å².